The van der Waals surface area contributed by atoms with Gasteiger partial charge in [-0.3, -0.25) is 9.59 Å². The molecule has 11 N–H and O–H groups in total. The van der Waals surface area contributed by atoms with Crippen LogP contribution in [0.5, 0.6) is 0 Å². The average Bonchev–Trinajstić information content (AvgIpc) is 2.90. The highest BCUT2D eigenvalue weighted by molar-refractivity contribution is 5.73. The smallest absolute Gasteiger partial charge is 0.217 e. The van der Waals surface area contributed by atoms with Gasteiger partial charge in [-0.05, 0) is 0 Å². The summed E-state index contributed by atoms with van der Waals surface area (Å²) in [6, 6.07) is -2.86. The Balaban J connectivity index is 1.88. The van der Waals surface area contributed by atoms with Crippen molar-refractivity contribution in [3.8, 4) is 0 Å². The molecule has 40 heavy (non-hydrogen) atoms. The third-order valence-electron chi connectivity index (χ3n) is 6.90. The molecule has 3 fully saturated rings. The summed E-state index contributed by atoms with van der Waals surface area (Å²) in [6.45, 7) is -0.135. The maximum Gasteiger partial charge on any atom is 0.217 e. The van der Waals surface area contributed by atoms with Crippen LogP contribution in [0, 0.1) is 0 Å². The maximum atomic E-state index is 11.7. The van der Waals surface area contributed by atoms with Crippen LogP contribution in [-0.2, 0) is 33.3 Å². The number of carbonyl (C=O) groups is 2. The Bertz CT molecular complexity index is 854. The van der Waals surface area contributed by atoms with Crippen LogP contribution in [0.4, 0.5) is 0 Å². The molecule has 15 atom stereocenters. The molecule has 0 bridgehead atoms. The van der Waals surface area contributed by atoms with Crippen molar-refractivity contribution in [1.29, 1.82) is 0 Å². The molecule has 3 aliphatic heterocycles. The van der Waals surface area contributed by atoms with Gasteiger partial charge in [0.25, 0.3) is 0 Å². The number of aliphatic hydroxyl groups is 9. The van der Waals surface area contributed by atoms with E-state index in [2.05, 4.69) is 10.6 Å². The molecule has 3 saturated heterocycles. The number of aliphatic hydroxyl groups excluding tert-OH is 9. The number of carbonyl (C=O) groups excluding carboxylic acids is 2. The van der Waals surface area contributed by atoms with Crippen LogP contribution < -0.4 is 10.6 Å². The topological polar surface area (TPSA) is 286 Å². The van der Waals surface area contributed by atoms with Crippen LogP contribution in [0.15, 0.2) is 0 Å². The zero-order chi connectivity index (χ0) is 29.9. The standard InChI is InChI=1S/C22H38N2O16/c1-6(28)23-11-16(33)13(30)8(3-25)37-21(11)40-19-15(32)10(5-27)38-22(17(19)34)39-18-12(24-7(2)29)20(35)36-9(4-26)14(18)31/h8-22,25-27,30-35H,3-5H2,1-2H3,(H,23,28)(H,24,29)/t8-,9-,10-,11-,12-,13+,14+,15+,16-,17-,18-,19+,20+,21-,22+/m1/s1. The highest BCUT2D eigenvalue weighted by Crippen LogP contribution is 2.32. The minimum Gasteiger partial charge on any atom is -0.394 e. The number of ether oxygens (including phenoxy) is 5. The normalized spacial score (nSPS) is 46.0. The lowest BCUT2D eigenvalue weighted by molar-refractivity contribution is -0.365. The Morgan fingerprint density at radius 2 is 1.05 bits per heavy atom. The molecule has 2 amide bonds. The van der Waals surface area contributed by atoms with E-state index in [-0.39, 0.29) is 0 Å². The molecule has 3 rings (SSSR count). The summed E-state index contributed by atoms with van der Waals surface area (Å²) in [6.07, 6.45) is -21.5. The largest absolute Gasteiger partial charge is 0.394 e. The molecule has 0 saturated carbocycles. The lowest BCUT2D eigenvalue weighted by Gasteiger charge is -2.49. The van der Waals surface area contributed by atoms with Gasteiger partial charge < -0.3 is 80.3 Å². The third kappa shape index (κ3) is 7.05. The van der Waals surface area contributed by atoms with Crippen LogP contribution in [0.2, 0.25) is 0 Å². The van der Waals surface area contributed by atoms with Gasteiger partial charge in [0.05, 0.1) is 19.8 Å². The second-order valence-corrected chi connectivity index (χ2v) is 9.81. The predicted octanol–water partition coefficient (Wildman–Crippen LogP) is -7.29. The van der Waals surface area contributed by atoms with E-state index in [1.807, 2.05) is 0 Å². The summed E-state index contributed by atoms with van der Waals surface area (Å²) >= 11 is 0. The summed E-state index contributed by atoms with van der Waals surface area (Å²) in [4.78, 5) is 23.4. The first-order valence-electron chi connectivity index (χ1n) is 12.6. The van der Waals surface area contributed by atoms with Gasteiger partial charge in [0.2, 0.25) is 11.8 Å². The Kier molecular flexibility index (Phi) is 11.5. The van der Waals surface area contributed by atoms with Crippen molar-refractivity contribution in [3.05, 3.63) is 0 Å². The van der Waals surface area contributed by atoms with E-state index in [1.165, 1.54) is 0 Å². The molecule has 0 aliphatic carbocycles. The van der Waals surface area contributed by atoms with Crippen molar-refractivity contribution in [2.24, 2.45) is 0 Å². The van der Waals surface area contributed by atoms with E-state index in [0.717, 1.165) is 13.8 Å². The molecule has 3 aliphatic rings. The van der Waals surface area contributed by atoms with Crippen LogP contribution in [0.3, 0.4) is 0 Å². The summed E-state index contributed by atoms with van der Waals surface area (Å²) in [5.74, 6) is -1.31. The predicted molar refractivity (Wildman–Crippen MR) is 124 cm³/mol. The third-order valence-corrected chi connectivity index (χ3v) is 6.90. The van der Waals surface area contributed by atoms with E-state index < -0.39 is 124 Å². The van der Waals surface area contributed by atoms with Crippen LogP contribution in [0.25, 0.3) is 0 Å². The molecular weight excluding hydrogens is 548 g/mol. The second-order valence-electron chi connectivity index (χ2n) is 9.81. The van der Waals surface area contributed by atoms with E-state index in [1.54, 1.807) is 0 Å². The molecule has 0 radical (unpaired) electrons. The fourth-order valence-electron chi connectivity index (χ4n) is 4.86. The molecule has 0 aromatic heterocycles. The van der Waals surface area contributed by atoms with Gasteiger partial charge in [-0.1, -0.05) is 0 Å². The quantitative estimate of drug-likeness (QED) is 0.120. The fraction of sp³-hybridized carbons (Fsp3) is 0.909. The van der Waals surface area contributed by atoms with Crippen molar-refractivity contribution in [1.82, 2.24) is 10.6 Å². The highest BCUT2D eigenvalue weighted by Gasteiger charge is 2.54. The van der Waals surface area contributed by atoms with Gasteiger partial charge in [-0.2, -0.15) is 0 Å². The van der Waals surface area contributed by atoms with Crippen molar-refractivity contribution < 1.29 is 79.2 Å². The van der Waals surface area contributed by atoms with Crippen LogP contribution >= 0.6 is 0 Å². The molecule has 0 unspecified atom stereocenters. The first-order valence-corrected chi connectivity index (χ1v) is 12.6. The van der Waals surface area contributed by atoms with Crippen molar-refractivity contribution in [2.75, 3.05) is 19.8 Å². The van der Waals surface area contributed by atoms with Gasteiger partial charge >= 0.3 is 0 Å². The molecule has 0 spiro atoms. The minimum absolute atomic E-state index is 0.650. The summed E-state index contributed by atoms with van der Waals surface area (Å²) in [5, 5.41) is 97.2. The van der Waals surface area contributed by atoms with Gasteiger partial charge in [0.15, 0.2) is 18.9 Å². The summed E-state index contributed by atoms with van der Waals surface area (Å²) < 4.78 is 27.5. The molecule has 232 valence electrons. The van der Waals surface area contributed by atoms with Gasteiger partial charge in [-0.25, -0.2) is 0 Å². The second kappa shape index (κ2) is 14.0. The first-order chi connectivity index (χ1) is 18.8. The number of hydrogen-bond donors (Lipinski definition) is 11. The number of nitrogens with one attached hydrogen (secondary N) is 2. The molecule has 0 aromatic rings. The molecular formula is C22H38N2O16. The zero-order valence-corrected chi connectivity index (χ0v) is 21.7. The van der Waals surface area contributed by atoms with Crippen LogP contribution in [-0.4, -0.2) is 170 Å². The van der Waals surface area contributed by atoms with Crippen LogP contribution in [0.1, 0.15) is 13.8 Å². The summed E-state index contributed by atoms with van der Waals surface area (Å²) in [7, 11) is 0. The van der Waals surface area contributed by atoms with Crippen molar-refractivity contribution in [2.45, 2.75) is 106 Å². The van der Waals surface area contributed by atoms with Crippen molar-refractivity contribution >= 4 is 11.8 Å². The Labute approximate surface area is 228 Å². The monoisotopic (exact) mass is 586 g/mol. The number of hydrogen-bond acceptors (Lipinski definition) is 16. The summed E-state index contributed by atoms with van der Waals surface area (Å²) in [5.41, 5.74) is 0. The SMILES string of the molecule is CC(=O)N[C@@H]1[C@@H](O[C@@H]2O[C@H](CO)[C@H](O)[C@H](O[C@H]3O[C@H](CO)[C@H](O)[C@H](O)[C@H]3NC(C)=O)[C@H]2O)[C@@H](O)[C@@H](CO)O[C@@H]1O. The lowest BCUT2D eigenvalue weighted by atomic mass is 9.94. The van der Waals surface area contributed by atoms with Gasteiger partial charge in [0.1, 0.15) is 73.1 Å². The van der Waals surface area contributed by atoms with E-state index >= 15 is 0 Å². The molecule has 18 nitrogen and oxygen atoms in total. The Hall–Kier alpha value is -1.62. The molecule has 18 heteroatoms. The fourth-order valence-corrected chi connectivity index (χ4v) is 4.86. The number of rotatable bonds is 9. The van der Waals surface area contributed by atoms with E-state index in [9.17, 15) is 55.5 Å². The lowest BCUT2D eigenvalue weighted by Crippen LogP contribution is -2.69. The Morgan fingerprint density at radius 1 is 0.600 bits per heavy atom. The maximum absolute atomic E-state index is 11.7. The van der Waals surface area contributed by atoms with Gasteiger partial charge in [0, 0.05) is 13.8 Å². The Morgan fingerprint density at radius 3 is 1.60 bits per heavy atom. The zero-order valence-electron chi connectivity index (χ0n) is 21.7. The first kappa shape index (κ1) is 32.9. The highest BCUT2D eigenvalue weighted by atomic mass is 16.7. The van der Waals surface area contributed by atoms with Gasteiger partial charge in [-0.15, -0.1) is 0 Å². The van der Waals surface area contributed by atoms with E-state index in [0.29, 0.717) is 0 Å². The minimum atomic E-state index is -1.94. The molecule has 3 heterocycles. The van der Waals surface area contributed by atoms with Crippen molar-refractivity contribution in [3.63, 3.8) is 0 Å². The molecule has 0 aromatic carbocycles. The average molecular weight is 587 g/mol. The number of amides is 2. The van der Waals surface area contributed by atoms with E-state index in [4.69, 9.17) is 23.7 Å².